The molecule has 0 fully saturated rings. The Labute approximate surface area is 146 Å². The van der Waals surface area contributed by atoms with Crippen LogP contribution in [0.2, 0.25) is 5.02 Å². The van der Waals surface area contributed by atoms with Gasteiger partial charge in [0.1, 0.15) is 11.5 Å². The summed E-state index contributed by atoms with van der Waals surface area (Å²) in [7, 11) is 3.17. The molecule has 0 atom stereocenters. The smallest absolute Gasteiger partial charge is 0.247 e. The van der Waals surface area contributed by atoms with Gasteiger partial charge in [-0.1, -0.05) is 11.6 Å². The Morgan fingerprint density at radius 3 is 2.83 bits per heavy atom. The predicted octanol–water partition coefficient (Wildman–Crippen LogP) is 3.63. The third-order valence-corrected chi connectivity index (χ3v) is 3.64. The van der Waals surface area contributed by atoms with Gasteiger partial charge in [-0.25, -0.2) is 0 Å². The number of carbonyl (C=O) groups is 1. The maximum atomic E-state index is 12.5. The van der Waals surface area contributed by atoms with E-state index < -0.39 is 0 Å². The van der Waals surface area contributed by atoms with E-state index in [1.165, 1.54) is 6.08 Å². The van der Waals surface area contributed by atoms with Gasteiger partial charge in [-0.3, -0.25) is 4.79 Å². The molecule has 5 nitrogen and oxygen atoms in total. The van der Waals surface area contributed by atoms with Crippen LogP contribution < -0.4 is 4.74 Å². The molecule has 0 saturated carbocycles. The molecule has 0 unspecified atom stereocenters. The molecule has 0 bridgehead atoms. The van der Waals surface area contributed by atoms with Crippen LogP contribution in [0.15, 0.2) is 47.1 Å². The van der Waals surface area contributed by atoms with Crippen LogP contribution in [-0.4, -0.2) is 38.2 Å². The fraction of sp³-hybridized carbons (Fsp3) is 0.278. The predicted molar refractivity (Wildman–Crippen MR) is 93.0 cm³/mol. The van der Waals surface area contributed by atoms with Gasteiger partial charge in [-0.15, -0.1) is 0 Å². The lowest BCUT2D eigenvalue weighted by atomic mass is 10.2. The molecule has 1 aromatic heterocycles. The second-order valence-electron chi connectivity index (χ2n) is 5.05. The van der Waals surface area contributed by atoms with Crippen molar-refractivity contribution in [3.8, 4) is 5.75 Å². The van der Waals surface area contributed by atoms with E-state index in [0.717, 1.165) is 5.56 Å². The topological polar surface area (TPSA) is 51.9 Å². The van der Waals surface area contributed by atoms with E-state index in [1.54, 1.807) is 55.7 Å². The van der Waals surface area contributed by atoms with Gasteiger partial charge in [0.05, 0.1) is 26.5 Å². The van der Waals surface area contributed by atoms with E-state index in [4.69, 9.17) is 25.5 Å². The van der Waals surface area contributed by atoms with Gasteiger partial charge in [0.25, 0.3) is 0 Å². The van der Waals surface area contributed by atoms with Gasteiger partial charge in [-0.2, -0.15) is 0 Å². The maximum absolute atomic E-state index is 12.5. The van der Waals surface area contributed by atoms with Gasteiger partial charge in [0, 0.05) is 30.3 Å². The molecule has 0 aliphatic rings. The summed E-state index contributed by atoms with van der Waals surface area (Å²) in [6, 6.07) is 8.87. The summed E-state index contributed by atoms with van der Waals surface area (Å²) >= 11 is 6.00. The summed E-state index contributed by atoms with van der Waals surface area (Å²) in [5.41, 5.74) is 0.739. The highest BCUT2D eigenvalue weighted by Gasteiger charge is 2.13. The van der Waals surface area contributed by atoms with Crippen LogP contribution in [0.4, 0.5) is 0 Å². The summed E-state index contributed by atoms with van der Waals surface area (Å²) in [4.78, 5) is 14.1. The number of furan rings is 1. The number of halogens is 1. The van der Waals surface area contributed by atoms with E-state index >= 15 is 0 Å². The SMILES string of the molecule is COCCN(Cc1ccco1)C(=O)/C=C/c1cc(Cl)ccc1OC. The van der Waals surface area contributed by atoms with Crippen LogP contribution >= 0.6 is 11.6 Å². The molecule has 1 amide bonds. The Kier molecular flexibility index (Phi) is 6.90. The van der Waals surface area contributed by atoms with Crippen molar-refractivity contribution in [2.45, 2.75) is 6.54 Å². The Morgan fingerprint density at radius 1 is 1.33 bits per heavy atom. The maximum Gasteiger partial charge on any atom is 0.247 e. The number of rotatable bonds is 8. The number of amides is 1. The zero-order chi connectivity index (χ0) is 17.4. The van der Waals surface area contributed by atoms with Crippen molar-refractivity contribution in [1.29, 1.82) is 0 Å². The molecule has 2 aromatic rings. The second kappa shape index (κ2) is 9.15. The first-order chi connectivity index (χ1) is 11.6. The minimum absolute atomic E-state index is 0.148. The van der Waals surface area contributed by atoms with Gasteiger partial charge >= 0.3 is 0 Å². The van der Waals surface area contributed by atoms with E-state index in [-0.39, 0.29) is 5.91 Å². The monoisotopic (exact) mass is 349 g/mol. The van der Waals surface area contributed by atoms with Crippen molar-refractivity contribution in [2.75, 3.05) is 27.4 Å². The Bertz CT molecular complexity index is 682. The third kappa shape index (κ3) is 5.15. The number of hydrogen-bond acceptors (Lipinski definition) is 4. The van der Waals surface area contributed by atoms with Crippen molar-refractivity contribution < 1.29 is 18.7 Å². The molecular weight excluding hydrogens is 330 g/mol. The summed E-state index contributed by atoms with van der Waals surface area (Å²) in [5.74, 6) is 1.22. The molecule has 128 valence electrons. The van der Waals surface area contributed by atoms with Gasteiger partial charge in [0.15, 0.2) is 0 Å². The van der Waals surface area contributed by atoms with Gasteiger partial charge in [0.2, 0.25) is 5.91 Å². The molecule has 1 aromatic carbocycles. The lowest BCUT2D eigenvalue weighted by Gasteiger charge is -2.19. The minimum Gasteiger partial charge on any atom is -0.496 e. The Balaban J connectivity index is 2.12. The number of nitrogens with zero attached hydrogens (tertiary/aromatic N) is 1. The molecule has 2 rings (SSSR count). The van der Waals surface area contributed by atoms with Crippen molar-refractivity contribution in [3.63, 3.8) is 0 Å². The average molecular weight is 350 g/mol. The number of benzene rings is 1. The fourth-order valence-electron chi connectivity index (χ4n) is 2.16. The summed E-state index contributed by atoms with van der Waals surface area (Å²) < 4.78 is 15.7. The normalized spacial score (nSPS) is 11.0. The first-order valence-corrected chi connectivity index (χ1v) is 7.83. The number of hydrogen-bond donors (Lipinski definition) is 0. The van der Waals surface area contributed by atoms with Crippen LogP contribution in [0, 0.1) is 0 Å². The lowest BCUT2D eigenvalue weighted by molar-refractivity contribution is -0.127. The van der Waals surface area contributed by atoms with Crippen molar-refractivity contribution >= 4 is 23.6 Å². The van der Waals surface area contributed by atoms with Crippen molar-refractivity contribution in [3.05, 3.63) is 59.0 Å². The average Bonchev–Trinajstić information content (AvgIpc) is 3.09. The van der Waals surface area contributed by atoms with E-state index in [1.807, 2.05) is 6.07 Å². The van der Waals surface area contributed by atoms with Crippen LogP contribution in [0.5, 0.6) is 5.75 Å². The second-order valence-corrected chi connectivity index (χ2v) is 5.49. The standard InChI is InChI=1S/C18H20ClNO4/c1-22-11-9-20(13-16-4-3-10-24-16)18(21)8-5-14-12-15(19)6-7-17(14)23-2/h3-8,10,12H,9,11,13H2,1-2H3/b8-5+. The minimum atomic E-state index is -0.148. The number of methoxy groups -OCH3 is 2. The van der Waals surface area contributed by atoms with E-state index in [0.29, 0.717) is 36.2 Å². The summed E-state index contributed by atoms with van der Waals surface area (Å²) in [6.45, 7) is 1.29. The molecule has 6 heteroatoms. The first kappa shape index (κ1) is 18.1. The fourth-order valence-corrected chi connectivity index (χ4v) is 2.34. The molecular formula is C18H20ClNO4. The summed E-state index contributed by atoms with van der Waals surface area (Å²) in [5, 5.41) is 0.578. The lowest BCUT2D eigenvalue weighted by Crippen LogP contribution is -2.31. The van der Waals surface area contributed by atoms with Crippen LogP contribution in [0.1, 0.15) is 11.3 Å². The van der Waals surface area contributed by atoms with Crippen LogP contribution in [0.3, 0.4) is 0 Å². The molecule has 0 aliphatic heterocycles. The molecule has 1 heterocycles. The Hall–Kier alpha value is -2.24. The highest BCUT2D eigenvalue weighted by Crippen LogP contribution is 2.23. The molecule has 24 heavy (non-hydrogen) atoms. The molecule has 0 saturated heterocycles. The largest absolute Gasteiger partial charge is 0.496 e. The third-order valence-electron chi connectivity index (χ3n) is 3.40. The number of carbonyl (C=O) groups excluding carboxylic acids is 1. The van der Waals surface area contributed by atoms with Crippen molar-refractivity contribution in [2.24, 2.45) is 0 Å². The van der Waals surface area contributed by atoms with Crippen LogP contribution in [0.25, 0.3) is 6.08 Å². The number of ether oxygens (including phenoxy) is 2. The van der Waals surface area contributed by atoms with Gasteiger partial charge in [-0.05, 0) is 36.4 Å². The quantitative estimate of drug-likeness (QED) is 0.683. The first-order valence-electron chi connectivity index (χ1n) is 7.46. The molecule has 0 aliphatic carbocycles. The molecule has 0 spiro atoms. The molecule has 0 N–H and O–H groups in total. The zero-order valence-corrected chi connectivity index (χ0v) is 14.5. The zero-order valence-electron chi connectivity index (χ0n) is 13.7. The highest BCUT2D eigenvalue weighted by atomic mass is 35.5. The van der Waals surface area contributed by atoms with Crippen LogP contribution in [-0.2, 0) is 16.1 Å². The van der Waals surface area contributed by atoms with Gasteiger partial charge < -0.3 is 18.8 Å². The summed E-state index contributed by atoms with van der Waals surface area (Å²) in [6.07, 6.45) is 4.77. The molecule has 0 radical (unpaired) electrons. The van der Waals surface area contributed by atoms with E-state index in [2.05, 4.69) is 0 Å². The van der Waals surface area contributed by atoms with Crippen molar-refractivity contribution in [1.82, 2.24) is 4.90 Å². The van der Waals surface area contributed by atoms with E-state index in [9.17, 15) is 4.79 Å². The highest BCUT2D eigenvalue weighted by molar-refractivity contribution is 6.30. The Morgan fingerprint density at radius 2 is 2.17 bits per heavy atom.